The summed E-state index contributed by atoms with van der Waals surface area (Å²) in [5, 5.41) is 10.6. The maximum absolute atomic E-state index is 13.4. The summed E-state index contributed by atoms with van der Waals surface area (Å²) in [6.07, 6.45) is 0. The van der Waals surface area contributed by atoms with Gasteiger partial charge in [-0.05, 0) is 29.6 Å². The van der Waals surface area contributed by atoms with Crippen molar-refractivity contribution in [3.63, 3.8) is 0 Å². The van der Waals surface area contributed by atoms with Gasteiger partial charge in [0.05, 0.1) is 5.56 Å². The molecule has 1 aromatic heterocycles. The molecule has 0 spiro atoms. The van der Waals surface area contributed by atoms with E-state index in [2.05, 4.69) is 0 Å². The standard InChI is InChI=1S/C11H7FO2S/c12-9-4-3-7(11(13)14)6-8(9)10-2-1-5-15-10/h1-6H,(H,13,14). The van der Waals surface area contributed by atoms with Crippen molar-refractivity contribution in [1.82, 2.24) is 0 Å². The molecule has 0 atom stereocenters. The van der Waals surface area contributed by atoms with Gasteiger partial charge in [-0.2, -0.15) is 0 Å². The minimum atomic E-state index is -1.05. The van der Waals surface area contributed by atoms with Gasteiger partial charge in [0.25, 0.3) is 0 Å². The van der Waals surface area contributed by atoms with E-state index >= 15 is 0 Å². The van der Waals surface area contributed by atoms with Gasteiger partial charge in [-0.1, -0.05) is 6.07 Å². The van der Waals surface area contributed by atoms with E-state index in [0.29, 0.717) is 5.56 Å². The number of rotatable bonds is 2. The highest BCUT2D eigenvalue weighted by molar-refractivity contribution is 7.13. The SMILES string of the molecule is O=C(O)c1ccc(F)c(-c2cccs2)c1. The van der Waals surface area contributed by atoms with Crippen molar-refractivity contribution >= 4 is 17.3 Å². The Balaban J connectivity index is 2.55. The van der Waals surface area contributed by atoms with E-state index in [1.54, 1.807) is 12.1 Å². The molecule has 0 bridgehead atoms. The predicted molar refractivity (Wildman–Crippen MR) is 56.7 cm³/mol. The topological polar surface area (TPSA) is 37.3 Å². The molecule has 0 fully saturated rings. The second-order valence-electron chi connectivity index (χ2n) is 2.98. The zero-order chi connectivity index (χ0) is 10.8. The first kappa shape index (κ1) is 9.86. The van der Waals surface area contributed by atoms with Crippen LogP contribution in [-0.2, 0) is 0 Å². The molecule has 0 unspecified atom stereocenters. The smallest absolute Gasteiger partial charge is 0.335 e. The normalized spacial score (nSPS) is 10.2. The molecule has 1 N–H and O–H groups in total. The molecule has 0 radical (unpaired) electrons. The van der Waals surface area contributed by atoms with E-state index in [9.17, 15) is 9.18 Å². The third kappa shape index (κ3) is 1.89. The number of aromatic carboxylic acids is 1. The quantitative estimate of drug-likeness (QED) is 0.846. The van der Waals surface area contributed by atoms with Crippen LogP contribution in [0.2, 0.25) is 0 Å². The molecule has 0 aliphatic heterocycles. The van der Waals surface area contributed by atoms with Gasteiger partial charge in [0, 0.05) is 10.4 Å². The third-order valence-corrected chi connectivity index (χ3v) is 2.90. The molecular weight excluding hydrogens is 215 g/mol. The lowest BCUT2D eigenvalue weighted by Gasteiger charge is -2.01. The highest BCUT2D eigenvalue weighted by Crippen LogP contribution is 2.28. The Bertz CT molecular complexity index is 491. The summed E-state index contributed by atoms with van der Waals surface area (Å²) >= 11 is 1.38. The molecule has 76 valence electrons. The van der Waals surface area contributed by atoms with E-state index in [-0.39, 0.29) is 5.56 Å². The highest BCUT2D eigenvalue weighted by atomic mass is 32.1. The molecular formula is C11H7FO2S. The Morgan fingerprint density at radius 3 is 2.73 bits per heavy atom. The molecule has 4 heteroatoms. The van der Waals surface area contributed by atoms with Crippen LogP contribution in [0.4, 0.5) is 4.39 Å². The van der Waals surface area contributed by atoms with Crippen LogP contribution in [-0.4, -0.2) is 11.1 Å². The van der Waals surface area contributed by atoms with E-state index in [4.69, 9.17) is 5.11 Å². The van der Waals surface area contributed by atoms with Crippen LogP contribution in [0.25, 0.3) is 10.4 Å². The lowest BCUT2D eigenvalue weighted by Crippen LogP contribution is -1.97. The molecule has 0 aliphatic rings. The number of carboxylic acid groups (broad SMARTS) is 1. The fraction of sp³-hybridized carbons (Fsp3) is 0. The fourth-order valence-electron chi connectivity index (χ4n) is 1.28. The van der Waals surface area contributed by atoms with Crippen molar-refractivity contribution in [2.45, 2.75) is 0 Å². The monoisotopic (exact) mass is 222 g/mol. The van der Waals surface area contributed by atoms with Gasteiger partial charge in [-0.25, -0.2) is 9.18 Å². The van der Waals surface area contributed by atoms with Crippen molar-refractivity contribution in [3.8, 4) is 10.4 Å². The van der Waals surface area contributed by atoms with Crippen molar-refractivity contribution < 1.29 is 14.3 Å². The molecule has 2 aromatic rings. The van der Waals surface area contributed by atoms with Crippen molar-refractivity contribution in [3.05, 3.63) is 47.1 Å². The second-order valence-corrected chi connectivity index (χ2v) is 3.92. The van der Waals surface area contributed by atoms with E-state index in [0.717, 1.165) is 4.88 Å². The maximum Gasteiger partial charge on any atom is 0.335 e. The summed E-state index contributed by atoms with van der Waals surface area (Å²) in [5.74, 6) is -1.45. The summed E-state index contributed by atoms with van der Waals surface area (Å²) in [6, 6.07) is 7.35. The molecule has 1 heterocycles. The Kier molecular flexibility index (Phi) is 2.51. The number of carboxylic acids is 1. The number of hydrogen-bond donors (Lipinski definition) is 1. The molecule has 15 heavy (non-hydrogen) atoms. The van der Waals surface area contributed by atoms with Crippen LogP contribution in [0, 0.1) is 5.82 Å². The summed E-state index contributed by atoms with van der Waals surface area (Å²) in [6.45, 7) is 0. The van der Waals surface area contributed by atoms with Crippen molar-refractivity contribution in [2.24, 2.45) is 0 Å². The molecule has 0 amide bonds. The summed E-state index contributed by atoms with van der Waals surface area (Å²) in [4.78, 5) is 11.4. The zero-order valence-electron chi connectivity index (χ0n) is 7.61. The van der Waals surface area contributed by atoms with E-state index in [1.807, 2.05) is 5.38 Å². The van der Waals surface area contributed by atoms with Gasteiger partial charge in [0.1, 0.15) is 5.82 Å². The van der Waals surface area contributed by atoms with Crippen LogP contribution in [0.1, 0.15) is 10.4 Å². The lowest BCUT2D eigenvalue weighted by molar-refractivity contribution is 0.0697. The second kappa shape index (κ2) is 3.82. The number of hydrogen-bond acceptors (Lipinski definition) is 2. The van der Waals surface area contributed by atoms with E-state index < -0.39 is 11.8 Å². The number of benzene rings is 1. The van der Waals surface area contributed by atoms with Gasteiger partial charge in [-0.3, -0.25) is 0 Å². The Morgan fingerprint density at radius 1 is 1.33 bits per heavy atom. The molecule has 0 saturated carbocycles. The largest absolute Gasteiger partial charge is 0.478 e. The predicted octanol–water partition coefficient (Wildman–Crippen LogP) is 3.25. The Labute approximate surface area is 89.6 Å². The first-order valence-corrected chi connectivity index (χ1v) is 5.13. The summed E-state index contributed by atoms with van der Waals surface area (Å²) in [7, 11) is 0. The van der Waals surface area contributed by atoms with Crippen LogP contribution in [0.3, 0.4) is 0 Å². The van der Waals surface area contributed by atoms with Crippen LogP contribution in [0.5, 0.6) is 0 Å². The number of carbonyl (C=O) groups is 1. The lowest BCUT2D eigenvalue weighted by atomic mass is 10.1. The molecule has 0 saturated heterocycles. The average Bonchev–Trinajstić information content (AvgIpc) is 2.71. The van der Waals surface area contributed by atoms with Gasteiger partial charge in [-0.15, -0.1) is 11.3 Å². The van der Waals surface area contributed by atoms with Crippen molar-refractivity contribution in [1.29, 1.82) is 0 Å². The van der Waals surface area contributed by atoms with Gasteiger partial charge < -0.3 is 5.11 Å². The highest BCUT2D eigenvalue weighted by Gasteiger charge is 2.10. The molecule has 1 aromatic carbocycles. The van der Waals surface area contributed by atoms with Gasteiger partial charge in [0.2, 0.25) is 0 Å². The van der Waals surface area contributed by atoms with E-state index in [1.165, 1.54) is 29.5 Å². The first-order chi connectivity index (χ1) is 7.18. The zero-order valence-corrected chi connectivity index (χ0v) is 8.42. The van der Waals surface area contributed by atoms with Gasteiger partial charge in [0.15, 0.2) is 0 Å². The fourth-order valence-corrected chi connectivity index (χ4v) is 2.02. The maximum atomic E-state index is 13.4. The van der Waals surface area contributed by atoms with Crippen molar-refractivity contribution in [2.75, 3.05) is 0 Å². The molecule has 2 nitrogen and oxygen atoms in total. The third-order valence-electron chi connectivity index (χ3n) is 2.00. The minimum Gasteiger partial charge on any atom is -0.478 e. The number of halogens is 1. The minimum absolute atomic E-state index is 0.0970. The Hall–Kier alpha value is -1.68. The molecule has 2 rings (SSSR count). The van der Waals surface area contributed by atoms with Crippen LogP contribution in [0.15, 0.2) is 35.7 Å². The Morgan fingerprint density at radius 2 is 2.13 bits per heavy atom. The molecule has 0 aliphatic carbocycles. The number of thiophene rings is 1. The van der Waals surface area contributed by atoms with Gasteiger partial charge >= 0.3 is 5.97 Å². The van der Waals surface area contributed by atoms with Crippen LogP contribution >= 0.6 is 11.3 Å². The van der Waals surface area contributed by atoms with Crippen LogP contribution < -0.4 is 0 Å². The summed E-state index contributed by atoms with van der Waals surface area (Å²) < 4.78 is 13.4. The first-order valence-electron chi connectivity index (χ1n) is 4.25. The average molecular weight is 222 g/mol. The summed E-state index contributed by atoms with van der Waals surface area (Å²) in [5.41, 5.74) is 0.435.